The molecule has 0 unspecified atom stereocenters. The normalized spacial score (nSPS) is 18.3. The molecular weight excluding hydrogens is 398 g/mol. The molecule has 28 heavy (non-hydrogen) atoms. The lowest BCUT2D eigenvalue weighted by molar-refractivity contribution is -0.130. The highest BCUT2D eigenvalue weighted by Crippen LogP contribution is 2.27. The summed E-state index contributed by atoms with van der Waals surface area (Å²) in [4.78, 5) is 26.8. The first-order valence-corrected chi connectivity index (χ1v) is 11.9. The van der Waals surface area contributed by atoms with E-state index in [1.807, 2.05) is 25.3 Å². The van der Waals surface area contributed by atoms with Gasteiger partial charge in [-0.3, -0.25) is 14.3 Å². The van der Waals surface area contributed by atoms with Gasteiger partial charge < -0.3 is 4.90 Å². The largest absolute Gasteiger partial charge is 0.341 e. The van der Waals surface area contributed by atoms with Crippen LogP contribution in [0.15, 0.2) is 17.5 Å². The van der Waals surface area contributed by atoms with Gasteiger partial charge in [0.05, 0.1) is 28.1 Å². The van der Waals surface area contributed by atoms with E-state index in [1.54, 1.807) is 22.7 Å². The van der Waals surface area contributed by atoms with Crippen molar-refractivity contribution in [2.45, 2.75) is 45.7 Å². The molecule has 7 nitrogen and oxygen atoms in total. The standard InChI is InChI=1S/C19H25N3O4S2/c1-13-16(14(2)22(20-13)15-8-10-28(25,26)12-15)11-21(3)19(24)7-6-17(23)18-5-4-9-27-18/h4-5,9,15H,6-8,10-12H2,1-3H3/t15-/m1/s1. The van der Waals surface area contributed by atoms with Crippen LogP contribution in [-0.2, 0) is 21.2 Å². The van der Waals surface area contributed by atoms with Crippen LogP contribution in [0.5, 0.6) is 0 Å². The molecule has 3 heterocycles. The molecule has 2 aromatic rings. The van der Waals surface area contributed by atoms with Crippen LogP contribution in [0.25, 0.3) is 0 Å². The molecule has 0 saturated carbocycles. The SMILES string of the molecule is Cc1nn([C@@H]2CCS(=O)(=O)C2)c(C)c1CN(C)C(=O)CCC(=O)c1cccs1. The van der Waals surface area contributed by atoms with Gasteiger partial charge in [-0.25, -0.2) is 8.42 Å². The van der Waals surface area contributed by atoms with E-state index in [4.69, 9.17) is 0 Å². The number of thiophene rings is 1. The number of ketones is 1. The predicted molar refractivity (Wildman–Crippen MR) is 108 cm³/mol. The number of sulfone groups is 1. The van der Waals surface area contributed by atoms with Gasteiger partial charge in [-0.2, -0.15) is 5.10 Å². The first-order chi connectivity index (χ1) is 13.2. The third-order valence-corrected chi connectivity index (χ3v) is 7.87. The van der Waals surface area contributed by atoms with Gasteiger partial charge in [0.25, 0.3) is 0 Å². The van der Waals surface area contributed by atoms with Gasteiger partial charge in [0, 0.05) is 37.7 Å². The van der Waals surface area contributed by atoms with E-state index in [-0.39, 0.29) is 42.1 Å². The van der Waals surface area contributed by atoms with E-state index in [0.29, 0.717) is 17.8 Å². The molecule has 0 radical (unpaired) electrons. The first-order valence-electron chi connectivity index (χ1n) is 9.23. The fourth-order valence-electron chi connectivity index (χ4n) is 3.55. The van der Waals surface area contributed by atoms with E-state index in [2.05, 4.69) is 5.10 Å². The fourth-order valence-corrected chi connectivity index (χ4v) is 5.93. The molecule has 0 aromatic carbocycles. The smallest absolute Gasteiger partial charge is 0.223 e. The maximum absolute atomic E-state index is 12.5. The number of hydrogen-bond donors (Lipinski definition) is 0. The first kappa shape index (κ1) is 20.7. The van der Waals surface area contributed by atoms with Gasteiger partial charge in [0.1, 0.15) is 0 Å². The number of rotatable bonds is 7. The Bertz CT molecular complexity index is 977. The maximum atomic E-state index is 12.5. The van der Waals surface area contributed by atoms with Gasteiger partial charge >= 0.3 is 0 Å². The zero-order chi connectivity index (χ0) is 20.5. The summed E-state index contributed by atoms with van der Waals surface area (Å²) in [5.74, 6) is 0.204. The van der Waals surface area contributed by atoms with Crippen LogP contribution in [-0.4, -0.2) is 53.3 Å². The lowest BCUT2D eigenvalue weighted by Gasteiger charge is -2.18. The minimum atomic E-state index is -2.99. The van der Waals surface area contributed by atoms with E-state index >= 15 is 0 Å². The Hall–Kier alpha value is -2.00. The van der Waals surface area contributed by atoms with Crippen molar-refractivity contribution in [1.82, 2.24) is 14.7 Å². The highest BCUT2D eigenvalue weighted by atomic mass is 32.2. The minimum Gasteiger partial charge on any atom is -0.341 e. The summed E-state index contributed by atoms with van der Waals surface area (Å²) in [5.41, 5.74) is 2.63. The summed E-state index contributed by atoms with van der Waals surface area (Å²) in [5, 5.41) is 6.39. The Morgan fingerprint density at radius 1 is 1.32 bits per heavy atom. The Morgan fingerprint density at radius 2 is 2.07 bits per heavy atom. The third-order valence-electron chi connectivity index (χ3n) is 5.21. The highest BCUT2D eigenvalue weighted by Gasteiger charge is 2.31. The molecule has 0 spiro atoms. The molecular formula is C19H25N3O4S2. The molecule has 0 N–H and O–H groups in total. The number of carbonyl (C=O) groups excluding carboxylic acids is 2. The van der Waals surface area contributed by atoms with Crippen molar-refractivity contribution >= 4 is 32.9 Å². The molecule has 1 amide bonds. The number of carbonyl (C=O) groups is 2. The third kappa shape index (κ3) is 4.52. The van der Waals surface area contributed by atoms with Crippen LogP contribution in [0.3, 0.4) is 0 Å². The van der Waals surface area contributed by atoms with Crippen LogP contribution >= 0.6 is 11.3 Å². The second kappa shape index (κ2) is 8.16. The van der Waals surface area contributed by atoms with Crippen molar-refractivity contribution in [3.63, 3.8) is 0 Å². The summed E-state index contributed by atoms with van der Waals surface area (Å²) >= 11 is 1.38. The number of nitrogens with zero attached hydrogens (tertiary/aromatic N) is 3. The lowest BCUT2D eigenvalue weighted by atomic mass is 10.1. The van der Waals surface area contributed by atoms with Gasteiger partial charge in [0.15, 0.2) is 15.6 Å². The van der Waals surface area contributed by atoms with Crippen LogP contribution in [0.4, 0.5) is 0 Å². The Labute approximate surface area is 169 Å². The van der Waals surface area contributed by atoms with E-state index in [9.17, 15) is 18.0 Å². The van der Waals surface area contributed by atoms with Crippen molar-refractivity contribution in [3.8, 4) is 0 Å². The summed E-state index contributed by atoms with van der Waals surface area (Å²) in [6.07, 6.45) is 0.935. The number of aryl methyl sites for hydroxylation is 1. The number of hydrogen-bond acceptors (Lipinski definition) is 6. The molecule has 152 valence electrons. The predicted octanol–water partition coefficient (Wildman–Crippen LogP) is 2.54. The molecule has 1 aliphatic rings. The summed E-state index contributed by atoms with van der Waals surface area (Å²) < 4.78 is 25.4. The summed E-state index contributed by atoms with van der Waals surface area (Å²) in [6, 6.07) is 3.46. The average molecular weight is 424 g/mol. The van der Waals surface area contributed by atoms with Crippen LogP contribution < -0.4 is 0 Å². The Kier molecular flexibility index (Phi) is 6.04. The van der Waals surface area contributed by atoms with Gasteiger partial charge in [-0.05, 0) is 31.7 Å². The number of Topliss-reactive ketones (excluding diaryl/α,β-unsaturated/α-hetero) is 1. The highest BCUT2D eigenvalue weighted by molar-refractivity contribution is 7.91. The average Bonchev–Trinajstić information content (AvgIpc) is 3.35. The Morgan fingerprint density at radius 3 is 2.68 bits per heavy atom. The Balaban J connectivity index is 1.63. The molecule has 1 fully saturated rings. The van der Waals surface area contributed by atoms with Crippen LogP contribution in [0.1, 0.15) is 51.9 Å². The lowest BCUT2D eigenvalue weighted by Crippen LogP contribution is -2.27. The molecule has 1 atom stereocenters. The molecule has 1 saturated heterocycles. The monoisotopic (exact) mass is 423 g/mol. The van der Waals surface area contributed by atoms with Gasteiger partial charge in [0.2, 0.25) is 5.91 Å². The number of amides is 1. The molecule has 3 rings (SSSR count). The van der Waals surface area contributed by atoms with Gasteiger partial charge in [-0.1, -0.05) is 6.07 Å². The summed E-state index contributed by atoms with van der Waals surface area (Å²) in [6.45, 7) is 4.18. The van der Waals surface area contributed by atoms with Crippen molar-refractivity contribution in [3.05, 3.63) is 39.3 Å². The zero-order valence-electron chi connectivity index (χ0n) is 16.3. The molecule has 0 aliphatic carbocycles. The quantitative estimate of drug-likeness (QED) is 0.639. The van der Waals surface area contributed by atoms with E-state index in [1.165, 1.54) is 11.3 Å². The second-order valence-corrected chi connectivity index (χ2v) is 10.5. The topological polar surface area (TPSA) is 89.3 Å². The number of aromatic nitrogens is 2. The van der Waals surface area contributed by atoms with Crippen molar-refractivity contribution in [2.24, 2.45) is 0 Å². The van der Waals surface area contributed by atoms with Crippen LogP contribution in [0.2, 0.25) is 0 Å². The fraction of sp³-hybridized carbons (Fsp3) is 0.526. The molecule has 2 aromatic heterocycles. The van der Waals surface area contributed by atoms with Crippen LogP contribution in [0, 0.1) is 13.8 Å². The minimum absolute atomic E-state index is 0.0145. The molecule has 0 bridgehead atoms. The summed E-state index contributed by atoms with van der Waals surface area (Å²) in [7, 11) is -1.27. The van der Waals surface area contributed by atoms with E-state index < -0.39 is 9.84 Å². The van der Waals surface area contributed by atoms with Crippen molar-refractivity contribution in [2.75, 3.05) is 18.6 Å². The molecule has 1 aliphatic heterocycles. The van der Waals surface area contributed by atoms with E-state index in [0.717, 1.165) is 17.0 Å². The maximum Gasteiger partial charge on any atom is 0.223 e. The second-order valence-electron chi connectivity index (χ2n) is 7.30. The van der Waals surface area contributed by atoms with Crippen molar-refractivity contribution in [1.29, 1.82) is 0 Å². The zero-order valence-corrected chi connectivity index (χ0v) is 18.0. The molecule has 9 heteroatoms. The van der Waals surface area contributed by atoms with Crippen molar-refractivity contribution < 1.29 is 18.0 Å². The van der Waals surface area contributed by atoms with Gasteiger partial charge in [-0.15, -0.1) is 11.3 Å².